The fourth-order valence-electron chi connectivity index (χ4n) is 4.01. The van der Waals surface area contributed by atoms with Crippen molar-refractivity contribution < 1.29 is 27.9 Å². The number of pyridine rings is 1. The highest BCUT2D eigenvalue weighted by molar-refractivity contribution is 7.92. The molecule has 0 bridgehead atoms. The number of nitrogens with one attached hydrogen (secondary N) is 1. The smallest absolute Gasteiger partial charge is 0.280 e. The van der Waals surface area contributed by atoms with Crippen LogP contribution in [0.5, 0.6) is 5.88 Å². The van der Waals surface area contributed by atoms with E-state index < -0.39 is 21.8 Å². The molecule has 13 heteroatoms. The Morgan fingerprint density at radius 3 is 2.63 bits per heavy atom. The second kappa shape index (κ2) is 10.9. The minimum Gasteiger partial charge on any atom is -0.473 e. The molecular weight excluding hydrogens is 530 g/mol. The van der Waals surface area contributed by atoms with Crippen LogP contribution in [0, 0.1) is 0 Å². The standard InChI is InChI=1S/C25H29N5O6S2/c1-15(14-31)36-29-22(16-3-5-18(6-4-16)38(33,34)19-7-8-19)23(32)28-25-26-20-9-10-21(27-24(20)37-25)35-17-11-12-30(2)13-17/h3-6,9-10,15,17,19,31H,7-8,11-14H2,1-2H3,(H,26,28,32)/b29-22+/t15-,17?/m1/s1. The van der Waals surface area contributed by atoms with Gasteiger partial charge in [0.1, 0.15) is 22.6 Å². The summed E-state index contributed by atoms with van der Waals surface area (Å²) in [6.45, 7) is 3.14. The number of hydrogen-bond donors (Lipinski definition) is 2. The lowest BCUT2D eigenvalue weighted by Crippen LogP contribution is -2.25. The highest BCUT2D eigenvalue weighted by atomic mass is 32.2. The van der Waals surface area contributed by atoms with Gasteiger partial charge < -0.3 is 19.6 Å². The number of carbonyl (C=O) groups is 1. The van der Waals surface area contributed by atoms with Crippen LogP contribution in [0.25, 0.3) is 10.3 Å². The second-order valence-corrected chi connectivity index (χ2v) is 12.8. The Morgan fingerprint density at radius 1 is 1.21 bits per heavy atom. The number of likely N-dealkylation sites (N-methyl/N-ethyl adjacent to an activating group) is 1. The average Bonchev–Trinajstić information content (AvgIpc) is 3.58. The van der Waals surface area contributed by atoms with Crippen LogP contribution in [0.2, 0.25) is 0 Å². The lowest BCUT2D eigenvalue weighted by molar-refractivity contribution is -0.110. The fourth-order valence-corrected chi connectivity index (χ4v) is 6.49. The number of amides is 1. The number of thiazole rings is 1. The SMILES string of the molecule is C[C@H](CO)O/N=C(/C(=O)Nc1nc2ccc(OC3CCN(C)C3)nc2s1)c1ccc(S(=O)(=O)C2CC2)cc1. The number of rotatable bonds is 10. The molecule has 1 saturated heterocycles. The number of likely N-dealkylation sites (tertiary alicyclic amines) is 1. The van der Waals surface area contributed by atoms with Gasteiger partial charge in [0.2, 0.25) is 5.88 Å². The molecule has 5 rings (SSSR count). The third kappa shape index (κ3) is 5.96. The van der Waals surface area contributed by atoms with Crippen LogP contribution in [0.4, 0.5) is 5.13 Å². The minimum absolute atomic E-state index is 0.0812. The molecule has 3 heterocycles. The van der Waals surface area contributed by atoms with E-state index in [0.717, 1.165) is 19.5 Å². The Balaban J connectivity index is 1.34. The number of aliphatic hydroxyl groups excluding tert-OH is 1. The summed E-state index contributed by atoms with van der Waals surface area (Å²) in [5.74, 6) is -0.0910. The molecule has 2 atom stereocenters. The van der Waals surface area contributed by atoms with Crippen LogP contribution in [0.15, 0.2) is 46.4 Å². The average molecular weight is 560 g/mol. The number of oxime groups is 1. The van der Waals surface area contributed by atoms with Gasteiger partial charge in [-0.25, -0.2) is 18.4 Å². The van der Waals surface area contributed by atoms with Crippen molar-refractivity contribution in [2.45, 2.75) is 48.5 Å². The maximum Gasteiger partial charge on any atom is 0.280 e. The minimum atomic E-state index is -3.37. The van der Waals surface area contributed by atoms with E-state index in [1.807, 2.05) is 0 Å². The molecular formula is C25H29N5O6S2. The molecule has 2 aliphatic rings. The molecule has 11 nitrogen and oxygen atoms in total. The maximum atomic E-state index is 13.2. The van der Waals surface area contributed by atoms with E-state index in [2.05, 4.69) is 32.4 Å². The highest BCUT2D eigenvalue weighted by Crippen LogP contribution is 2.33. The van der Waals surface area contributed by atoms with Crippen LogP contribution in [0.1, 0.15) is 31.7 Å². The van der Waals surface area contributed by atoms with Crippen LogP contribution >= 0.6 is 11.3 Å². The van der Waals surface area contributed by atoms with Crippen molar-refractivity contribution >= 4 is 48.3 Å². The third-order valence-electron chi connectivity index (χ3n) is 6.30. The van der Waals surface area contributed by atoms with Crippen molar-refractivity contribution in [2.75, 3.05) is 32.1 Å². The van der Waals surface area contributed by atoms with Gasteiger partial charge in [-0.05, 0) is 51.4 Å². The Morgan fingerprint density at radius 2 is 1.97 bits per heavy atom. The number of anilines is 1. The molecule has 1 aromatic carbocycles. The molecule has 3 aromatic rings. The summed E-state index contributed by atoms with van der Waals surface area (Å²) in [6, 6.07) is 9.52. The summed E-state index contributed by atoms with van der Waals surface area (Å²) < 4.78 is 31.1. The van der Waals surface area contributed by atoms with Gasteiger partial charge in [-0.2, -0.15) is 0 Å². The Hall–Kier alpha value is -3.13. The molecule has 202 valence electrons. The molecule has 1 unspecified atom stereocenters. The summed E-state index contributed by atoms with van der Waals surface area (Å²) in [6.07, 6.45) is 1.70. The van der Waals surface area contributed by atoms with Gasteiger partial charge in [-0.1, -0.05) is 28.6 Å². The first kappa shape index (κ1) is 26.5. The first-order valence-corrected chi connectivity index (χ1v) is 14.7. The van der Waals surface area contributed by atoms with Crippen LogP contribution in [-0.4, -0.2) is 84.2 Å². The monoisotopic (exact) mass is 559 g/mol. The van der Waals surface area contributed by atoms with Crippen molar-refractivity contribution in [1.82, 2.24) is 14.9 Å². The third-order valence-corrected chi connectivity index (χ3v) is 9.46. The zero-order chi connectivity index (χ0) is 26.9. The molecule has 1 saturated carbocycles. The maximum absolute atomic E-state index is 13.2. The number of aromatic nitrogens is 2. The van der Waals surface area contributed by atoms with Crippen LogP contribution in [0.3, 0.4) is 0 Å². The quantitative estimate of drug-likeness (QED) is 0.283. The number of aliphatic hydroxyl groups is 1. The van der Waals surface area contributed by atoms with Crippen molar-refractivity contribution in [1.29, 1.82) is 0 Å². The predicted octanol–water partition coefficient (Wildman–Crippen LogP) is 2.45. The zero-order valence-electron chi connectivity index (χ0n) is 21.0. The molecule has 0 spiro atoms. The van der Waals surface area contributed by atoms with E-state index in [0.29, 0.717) is 39.8 Å². The first-order valence-electron chi connectivity index (χ1n) is 12.4. The lowest BCUT2D eigenvalue weighted by atomic mass is 10.1. The first-order chi connectivity index (χ1) is 18.2. The second-order valence-electron chi connectivity index (χ2n) is 9.54. The van der Waals surface area contributed by atoms with Crippen molar-refractivity contribution in [3.63, 3.8) is 0 Å². The number of sulfone groups is 1. The number of nitrogens with zero attached hydrogens (tertiary/aromatic N) is 4. The van der Waals surface area contributed by atoms with E-state index >= 15 is 0 Å². The zero-order valence-corrected chi connectivity index (χ0v) is 22.7. The predicted molar refractivity (Wildman–Crippen MR) is 143 cm³/mol. The van der Waals surface area contributed by atoms with Gasteiger partial charge in [0.05, 0.1) is 16.8 Å². The molecule has 2 N–H and O–H groups in total. The van der Waals surface area contributed by atoms with E-state index in [1.54, 1.807) is 19.1 Å². The summed E-state index contributed by atoms with van der Waals surface area (Å²) >= 11 is 1.20. The number of ether oxygens (including phenoxy) is 1. The topological polar surface area (TPSA) is 143 Å². The molecule has 2 fully saturated rings. The Kier molecular flexibility index (Phi) is 7.61. The van der Waals surface area contributed by atoms with E-state index in [-0.39, 0.29) is 28.6 Å². The van der Waals surface area contributed by atoms with Gasteiger partial charge in [0.25, 0.3) is 5.91 Å². The molecule has 2 aromatic heterocycles. The van der Waals surface area contributed by atoms with Crippen LogP contribution < -0.4 is 10.1 Å². The number of benzene rings is 1. The number of carbonyl (C=O) groups excluding carboxylic acids is 1. The van der Waals surface area contributed by atoms with Gasteiger partial charge in [0.15, 0.2) is 20.7 Å². The summed E-state index contributed by atoms with van der Waals surface area (Å²) in [4.78, 5) is 30.5. The van der Waals surface area contributed by atoms with Crippen molar-refractivity contribution in [2.24, 2.45) is 5.16 Å². The summed E-state index contributed by atoms with van der Waals surface area (Å²) in [5, 5.41) is 16.0. The van der Waals surface area contributed by atoms with Crippen LogP contribution in [-0.2, 0) is 19.5 Å². The molecule has 1 amide bonds. The lowest BCUT2D eigenvalue weighted by Gasteiger charge is -2.12. The van der Waals surface area contributed by atoms with Crippen molar-refractivity contribution in [3.05, 3.63) is 42.0 Å². The fraction of sp³-hybridized carbons (Fsp3) is 0.440. The van der Waals surface area contributed by atoms with Gasteiger partial charge in [0, 0.05) is 24.7 Å². The normalized spacial score (nSPS) is 19.4. The molecule has 0 radical (unpaired) electrons. The number of fused-ring (bicyclic) bond motifs is 1. The number of hydrogen-bond acceptors (Lipinski definition) is 11. The van der Waals surface area contributed by atoms with E-state index in [9.17, 15) is 18.3 Å². The van der Waals surface area contributed by atoms with E-state index in [1.165, 1.54) is 35.6 Å². The van der Waals surface area contributed by atoms with Crippen molar-refractivity contribution in [3.8, 4) is 5.88 Å². The van der Waals surface area contributed by atoms with Gasteiger partial charge >= 0.3 is 0 Å². The molecule has 1 aliphatic carbocycles. The Bertz CT molecular complexity index is 1450. The largest absolute Gasteiger partial charge is 0.473 e. The summed E-state index contributed by atoms with van der Waals surface area (Å²) in [5.41, 5.74) is 0.889. The van der Waals surface area contributed by atoms with Gasteiger partial charge in [-0.15, -0.1) is 0 Å². The Labute approximate surface area is 224 Å². The van der Waals surface area contributed by atoms with Gasteiger partial charge in [-0.3, -0.25) is 10.1 Å². The summed E-state index contributed by atoms with van der Waals surface area (Å²) in [7, 11) is -1.32. The molecule has 38 heavy (non-hydrogen) atoms. The molecule has 1 aliphatic heterocycles. The highest BCUT2D eigenvalue weighted by Gasteiger charge is 2.36. The van der Waals surface area contributed by atoms with E-state index in [4.69, 9.17) is 9.57 Å².